The lowest BCUT2D eigenvalue weighted by molar-refractivity contribution is 0.185. The molecule has 1 saturated heterocycles. The second kappa shape index (κ2) is 6.91. The average Bonchev–Trinajstić information content (AvgIpc) is 2.78. The Morgan fingerprint density at radius 1 is 1.48 bits per heavy atom. The minimum absolute atomic E-state index is 0.216. The van der Waals surface area contributed by atoms with E-state index >= 15 is 0 Å². The van der Waals surface area contributed by atoms with Crippen LogP contribution in [0.2, 0.25) is 0 Å². The Bertz CT molecular complexity index is 614. The highest BCUT2D eigenvalue weighted by molar-refractivity contribution is 7.92. The highest BCUT2D eigenvalue weighted by Gasteiger charge is 2.30. The van der Waals surface area contributed by atoms with Crippen molar-refractivity contribution >= 4 is 21.5 Å². The van der Waals surface area contributed by atoms with Crippen molar-refractivity contribution in [2.75, 3.05) is 24.7 Å². The predicted molar refractivity (Wildman–Crippen MR) is 84.1 cm³/mol. The van der Waals surface area contributed by atoms with E-state index in [2.05, 4.69) is 10.3 Å². The largest absolute Gasteiger partial charge is 0.380 e. The van der Waals surface area contributed by atoms with Gasteiger partial charge in [0.25, 0.3) is 0 Å². The molecule has 0 aromatic heterocycles. The van der Waals surface area contributed by atoms with Crippen molar-refractivity contribution < 1.29 is 13.2 Å². The van der Waals surface area contributed by atoms with Crippen LogP contribution in [0.4, 0.5) is 5.69 Å². The van der Waals surface area contributed by atoms with Crippen molar-refractivity contribution in [3.63, 3.8) is 0 Å². The summed E-state index contributed by atoms with van der Waals surface area (Å²) < 4.78 is 28.6. The van der Waals surface area contributed by atoms with E-state index in [4.69, 9.17) is 10.5 Å². The fourth-order valence-electron chi connectivity index (χ4n) is 2.36. The maximum atomic E-state index is 11.7. The summed E-state index contributed by atoms with van der Waals surface area (Å²) in [5.74, 6) is 0.484. The van der Waals surface area contributed by atoms with Gasteiger partial charge < -0.3 is 15.8 Å². The van der Waals surface area contributed by atoms with E-state index < -0.39 is 15.1 Å². The molecule has 1 aromatic carbocycles. The molecule has 7 heteroatoms. The van der Waals surface area contributed by atoms with Gasteiger partial charge in [-0.15, -0.1) is 0 Å². The van der Waals surface area contributed by atoms with Crippen molar-refractivity contribution in [1.29, 1.82) is 0 Å². The van der Waals surface area contributed by atoms with Crippen molar-refractivity contribution in [2.45, 2.75) is 24.7 Å². The molecule has 1 atom stereocenters. The first-order valence-electron chi connectivity index (χ1n) is 6.88. The lowest BCUT2D eigenvalue weighted by Gasteiger charge is -2.11. The summed E-state index contributed by atoms with van der Waals surface area (Å²) in [6, 6.07) is 7.61. The second-order valence-corrected chi connectivity index (χ2v) is 7.47. The monoisotopic (exact) mass is 311 g/mol. The Balaban J connectivity index is 2.01. The number of aliphatic imine (C=N–C) groups is 1. The molecular formula is C14H21N3O3S. The number of hydrogen-bond donors (Lipinski definition) is 2. The molecule has 6 nitrogen and oxygen atoms in total. The predicted octanol–water partition coefficient (Wildman–Crippen LogP) is 1.14. The quantitative estimate of drug-likeness (QED) is 0.628. The van der Waals surface area contributed by atoms with Crippen molar-refractivity contribution in [1.82, 2.24) is 0 Å². The van der Waals surface area contributed by atoms with Crippen LogP contribution < -0.4 is 11.1 Å². The normalized spacial score (nSPS) is 21.4. The first kappa shape index (κ1) is 15.8. The summed E-state index contributed by atoms with van der Waals surface area (Å²) in [6.07, 6.45) is 1.38. The lowest BCUT2D eigenvalue weighted by atomic mass is 10.2. The van der Waals surface area contributed by atoms with Gasteiger partial charge >= 0.3 is 0 Å². The third-order valence-corrected chi connectivity index (χ3v) is 5.77. The van der Waals surface area contributed by atoms with Crippen LogP contribution in [0, 0.1) is 0 Å². The van der Waals surface area contributed by atoms with Gasteiger partial charge in [0.15, 0.2) is 15.8 Å². The molecule has 0 amide bonds. The first-order chi connectivity index (χ1) is 10.0. The summed E-state index contributed by atoms with van der Waals surface area (Å²) in [6.45, 7) is 0.682. The third-order valence-electron chi connectivity index (χ3n) is 3.51. The summed E-state index contributed by atoms with van der Waals surface area (Å²) in [5, 5.41) is 2.60. The van der Waals surface area contributed by atoms with Crippen molar-refractivity contribution in [3.8, 4) is 0 Å². The summed E-state index contributed by atoms with van der Waals surface area (Å²) in [7, 11) is -1.36. The molecule has 1 heterocycles. The van der Waals surface area contributed by atoms with Gasteiger partial charge in [-0.05, 0) is 18.9 Å². The van der Waals surface area contributed by atoms with Crippen LogP contribution in [0.15, 0.2) is 29.3 Å². The number of guanidine groups is 1. The molecule has 1 aromatic rings. The van der Waals surface area contributed by atoms with E-state index in [0.717, 1.165) is 11.3 Å². The van der Waals surface area contributed by atoms with E-state index in [1.165, 1.54) is 0 Å². The number of anilines is 1. The molecule has 1 aliphatic heterocycles. The SMILES string of the molecule is COCc1ccccc1NC(N)=NCC1CCCS1(=O)=O. The molecule has 0 spiro atoms. The van der Waals surface area contributed by atoms with E-state index in [1.807, 2.05) is 24.3 Å². The Morgan fingerprint density at radius 2 is 2.24 bits per heavy atom. The Hall–Kier alpha value is -1.60. The lowest BCUT2D eigenvalue weighted by Crippen LogP contribution is -2.27. The summed E-state index contributed by atoms with van der Waals surface area (Å²) in [4.78, 5) is 4.16. The van der Waals surface area contributed by atoms with Gasteiger partial charge in [-0.2, -0.15) is 0 Å². The third kappa shape index (κ3) is 4.18. The number of nitrogens with two attached hydrogens (primary N) is 1. The van der Waals surface area contributed by atoms with E-state index in [0.29, 0.717) is 19.4 Å². The molecule has 21 heavy (non-hydrogen) atoms. The number of methoxy groups -OCH3 is 1. The Morgan fingerprint density at radius 3 is 2.90 bits per heavy atom. The molecule has 2 rings (SSSR count). The zero-order valence-electron chi connectivity index (χ0n) is 12.1. The molecule has 0 aliphatic carbocycles. The van der Waals surface area contributed by atoms with Gasteiger partial charge in [0, 0.05) is 18.4 Å². The second-order valence-electron chi connectivity index (χ2n) is 5.07. The zero-order valence-corrected chi connectivity index (χ0v) is 12.9. The molecule has 0 bridgehead atoms. The van der Waals surface area contributed by atoms with Crippen LogP contribution in [0.25, 0.3) is 0 Å². The fourth-order valence-corrected chi connectivity index (χ4v) is 4.09. The van der Waals surface area contributed by atoms with Gasteiger partial charge in [-0.3, -0.25) is 4.99 Å². The van der Waals surface area contributed by atoms with Gasteiger partial charge in [0.1, 0.15) is 0 Å². The standard InChI is InChI=1S/C14H21N3O3S/c1-20-10-11-5-2-3-7-13(11)17-14(15)16-9-12-6-4-8-21(12,18)19/h2-3,5,7,12H,4,6,8-10H2,1H3,(H3,15,16,17). The van der Waals surface area contributed by atoms with Crippen LogP contribution >= 0.6 is 0 Å². The minimum atomic E-state index is -2.98. The highest BCUT2D eigenvalue weighted by atomic mass is 32.2. The maximum absolute atomic E-state index is 11.7. The van der Waals surface area contributed by atoms with Crippen LogP contribution in [-0.4, -0.2) is 39.0 Å². The number of para-hydroxylation sites is 1. The zero-order chi connectivity index (χ0) is 15.3. The van der Waals surface area contributed by atoms with Crippen LogP contribution in [-0.2, 0) is 21.2 Å². The first-order valence-corrected chi connectivity index (χ1v) is 8.60. The van der Waals surface area contributed by atoms with Crippen molar-refractivity contribution in [3.05, 3.63) is 29.8 Å². The van der Waals surface area contributed by atoms with Gasteiger partial charge in [0.05, 0.1) is 24.2 Å². The molecule has 3 N–H and O–H groups in total. The number of benzene rings is 1. The highest BCUT2D eigenvalue weighted by Crippen LogP contribution is 2.20. The van der Waals surface area contributed by atoms with E-state index in [-0.39, 0.29) is 18.3 Å². The summed E-state index contributed by atoms with van der Waals surface area (Å²) in [5.41, 5.74) is 7.62. The van der Waals surface area contributed by atoms with Gasteiger partial charge in [-0.25, -0.2) is 8.42 Å². The number of rotatable bonds is 5. The van der Waals surface area contributed by atoms with Crippen molar-refractivity contribution in [2.24, 2.45) is 10.7 Å². The van der Waals surface area contributed by atoms with Crippen LogP contribution in [0.3, 0.4) is 0 Å². The van der Waals surface area contributed by atoms with Gasteiger partial charge in [0.2, 0.25) is 0 Å². The fraction of sp³-hybridized carbons (Fsp3) is 0.500. The number of nitrogens with one attached hydrogen (secondary N) is 1. The number of sulfone groups is 1. The molecular weight excluding hydrogens is 290 g/mol. The van der Waals surface area contributed by atoms with Crippen LogP contribution in [0.1, 0.15) is 18.4 Å². The molecule has 1 fully saturated rings. The Labute approximate surface area is 125 Å². The smallest absolute Gasteiger partial charge is 0.193 e. The molecule has 0 saturated carbocycles. The van der Waals surface area contributed by atoms with Gasteiger partial charge in [-0.1, -0.05) is 18.2 Å². The summed E-state index contributed by atoms with van der Waals surface area (Å²) >= 11 is 0. The molecule has 1 aliphatic rings. The number of nitrogens with zero attached hydrogens (tertiary/aromatic N) is 1. The topological polar surface area (TPSA) is 93.8 Å². The molecule has 116 valence electrons. The number of ether oxygens (including phenoxy) is 1. The molecule has 1 unspecified atom stereocenters. The maximum Gasteiger partial charge on any atom is 0.193 e. The average molecular weight is 311 g/mol. The van der Waals surface area contributed by atoms with Crippen LogP contribution in [0.5, 0.6) is 0 Å². The van der Waals surface area contributed by atoms with E-state index in [1.54, 1.807) is 7.11 Å². The van der Waals surface area contributed by atoms with E-state index in [9.17, 15) is 8.42 Å². The minimum Gasteiger partial charge on any atom is -0.380 e. The Kier molecular flexibility index (Phi) is 5.19. The number of hydrogen-bond acceptors (Lipinski definition) is 4. The molecule has 0 radical (unpaired) electrons.